The van der Waals surface area contributed by atoms with Crippen molar-refractivity contribution in [3.05, 3.63) is 12.4 Å². The number of nitrogen functional groups attached to an aromatic ring is 1. The van der Waals surface area contributed by atoms with Crippen molar-refractivity contribution in [3.8, 4) is 0 Å². The molecule has 0 unspecified atom stereocenters. The summed E-state index contributed by atoms with van der Waals surface area (Å²) in [6.07, 6.45) is 8.31. The minimum absolute atomic E-state index is 0.640. The van der Waals surface area contributed by atoms with Gasteiger partial charge in [0.25, 0.3) is 0 Å². The first-order valence-electron chi connectivity index (χ1n) is 5.91. The third-order valence-corrected chi connectivity index (χ3v) is 3.11. The summed E-state index contributed by atoms with van der Waals surface area (Å²) in [5.74, 6) is 7.56. The molecule has 2 rings (SSSR count). The van der Waals surface area contributed by atoms with Crippen LogP contribution >= 0.6 is 0 Å². The Balaban J connectivity index is 1.83. The fraction of sp³-hybridized carbons (Fsp3) is 0.636. The zero-order valence-corrected chi connectivity index (χ0v) is 9.45. The molecule has 88 valence electrons. The highest BCUT2D eigenvalue weighted by Gasteiger charge is 2.12. The number of hydrazine groups is 1. The van der Waals surface area contributed by atoms with Crippen molar-refractivity contribution >= 4 is 11.6 Å². The quantitative estimate of drug-likeness (QED) is 0.533. The lowest BCUT2D eigenvalue weighted by atomic mass is 9.89. The van der Waals surface area contributed by atoms with Crippen LogP contribution < -0.4 is 16.6 Å². The zero-order chi connectivity index (χ0) is 11.2. The van der Waals surface area contributed by atoms with Crippen molar-refractivity contribution in [3.63, 3.8) is 0 Å². The second-order valence-electron chi connectivity index (χ2n) is 4.32. The van der Waals surface area contributed by atoms with E-state index in [1.165, 1.54) is 38.4 Å². The summed E-state index contributed by atoms with van der Waals surface area (Å²) >= 11 is 0. The van der Waals surface area contributed by atoms with E-state index < -0.39 is 0 Å². The average molecular weight is 221 g/mol. The maximum atomic E-state index is 5.29. The van der Waals surface area contributed by atoms with Gasteiger partial charge in [-0.15, -0.1) is 0 Å². The minimum atomic E-state index is 0.640. The molecule has 0 radical (unpaired) electrons. The van der Waals surface area contributed by atoms with Crippen molar-refractivity contribution < 1.29 is 0 Å². The first kappa shape index (κ1) is 11.1. The Bertz CT molecular complexity index is 322. The maximum absolute atomic E-state index is 5.29. The largest absolute Gasteiger partial charge is 0.370 e. The fourth-order valence-electron chi connectivity index (χ4n) is 2.17. The van der Waals surface area contributed by atoms with Crippen molar-refractivity contribution in [2.45, 2.75) is 32.1 Å². The number of aromatic nitrogens is 2. The van der Waals surface area contributed by atoms with E-state index in [1.54, 1.807) is 0 Å². The van der Waals surface area contributed by atoms with Gasteiger partial charge in [0.2, 0.25) is 0 Å². The van der Waals surface area contributed by atoms with Gasteiger partial charge in [0.1, 0.15) is 18.0 Å². The lowest BCUT2D eigenvalue weighted by molar-refractivity contribution is 0.373. The molecular formula is C11H19N5. The summed E-state index contributed by atoms with van der Waals surface area (Å²) in [6, 6.07) is 1.82. The SMILES string of the molecule is NNc1cc(NCC2CCCCC2)ncn1. The van der Waals surface area contributed by atoms with Crippen LogP contribution in [0.4, 0.5) is 11.6 Å². The average Bonchev–Trinajstić information content (AvgIpc) is 2.38. The molecule has 1 heterocycles. The molecule has 5 heteroatoms. The fourth-order valence-corrected chi connectivity index (χ4v) is 2.17. The Morgan fingerprint density at radius 1 is 1.19 bits per heavy atom. The second kappa shape index (κ2) is 5.65. The number of nitrogens with two attached hydrogens (primary N) is 1. The molecule has 1 aliphatic rings. The summed E-state index contributed by atoms with van der Waals surface area (Å²) in [5, 5.41) is 3.34. The molecule has 1 saturated carbocycles. The summed E-state index contributed by atoms with van der Waals surface area (Å²) in [6.45, 7) is 1.00. The number of rotatable bonds is 4. The summed E-state index contributed by atoms with van der Waals surface area (Å²) in [5.41, 5.74) is 2.51. The second-order valence-corrected chi connectivity index (χ2v) is 4.32. The van der Waals surface area contributed by atoms with Gasteiger partial charge in [-0.1, -0.05) is 19.3 Å². The van der Waals surface area contributed by atoms with Crippen molar-refractivity contribution in [2.75, 3.05) is 17.3 Å². The van der Waals surface area contributed by atoms with Gasteiger partial charge in [0.05, 0.1) is 0 Å². The van der Waals surface area contributed by atoms with E-state index in [4.69, 9.17) is 5.84 Å². The molecule has 1 aromatic heterocycles. The number of hydrogen-bond acceptors (Lipinski definition) is 5. The molecule has 1 fully saturated rings. The standard InChI is InChI=1S/C11H19N5/c12-16-11-6-10(14-8-15-11)13-7-9-4-2-1-3-5-9/h6,8-9H,1-5,7,12H2,(H2,13,14,15,16). The van der Waals surface area contributed by atoms with E-state index >= 15 is 0 Å². The van der Waals surface area contributed by atoms with Crippen molar-refractivity contribution in [1.29, 1.82) is 0 Å². The molecule has 0 aromatic carbocycles. The maximum Gasteiger partial charge on any atom is 0.145 e. The lowest BCUT2D eigenvalue weighted by Crippen LogP contribution is -2.18. The molecule has 5 nitrogen and oxygen atoms in total. The van der Waals surface area contributed by atoms with Crippen LogP contribution in [-0.2, 0) is 0 Å². The Labute approximate surface area is 95.8 Å². The number of hydrogen-bond donors (Lipinski definition) is 3. The van der Waals surface area contributed by atoms with Crippen LogP contribution in [0.3, 0.4) is 0 Å². The van der Waals surface area contributed by atoms with E-state index in [0.29, 0.717) is 5.82 Å². The predicted octanol–water partition coefficient (Wildman–Crippen LogP) is 1.75. The van der Waals surface area contributed by atoms with Crippen LogP contribution in [0.15, 0.2) is 12.4 Å². The number of nitrogens with zero attached hydrogens (tertiary/aromatic N) is 2. The summed E-state index contributed by atoms with van der Waals surface area (Å²) in [7, 11) is 0. The molecule has 0 amide bonds. The summed E-state index contributed by atoms with van der Waals surface area (Å²) < 4.78 is 0. The molecule has 0 saturated heterocycles. The highest BCUT2D eigenvalue weighted by molar-refractivity contribution is 5.45. The number of anilines is 2. The Hall–Kier alpha value is -1.36. The van der Waals surface area contributed by atoms with Crippen LogP contribution in [0.2, 0.25) is 0 Å². The molecule has 16 heavy (non-hydrogen) atoms. The van der Waals surface area contributed by atoms with Crippen LogP contribution in [0.25, 0.3) is 0 Å². The normalized spacial score (nSPS) is 17.1. The number of nitrogens with one attached hydrogen (secondary N) is 2. The lowest BCUT2D eigenvalue weighted by Gasteiger charge is -2.21. The highest BCUT2D eigenvalue weighted by Crippen LogP contribution is 2.23. The van der Waals surface area contributed by atoms with E-state index in [-0.39, 0.29) is 0 Å². The first-order chi connectivity index (χ1) is 7.88. The van der Waals surface area contributed by atoms with Crippen molar-refractivity contribution in [2.24, 2.45) is 11.8 Å². The predicted molar refractivity (Wildman–Crippen MR) is 64.9 cm³/mol. The first-order valence-corrected chi connectivity index (χ1v) is 5.91. The Morgan fingerprint density at radius 3 is 2.69 bits per heavy atom. The molecule has 0 aliphatic heterocycles. The van der Waals surface area contributed by atoms with Gasteiger partial charge in [-0.2, -0.15) is 0 Å². The van der Waals surface area contributed by atoms with Gasteiger partial charge in [-0.3, -0.25) is 0 Å². The monoisotopic (exact) mass is 221 g/mol. The molecule has 4 N–H and O–H groups in total. The van der Waals surface area contributed by atoms with E-state index in [1.807, 2.05) is 6.07 Å². The van der Waals surface area contributed by atoms with Gasteiger partial charge in [0.15, 0.2) is 0 Å². The van der Waals surface area contributed by atoms with Gasteiger partial charge < -0.3 is 10.7 Å². The molecule has 0 atom stereocenters. The Morgan fingerprint density at radius 2 is 1.94 bits per heavy atom. The van der Waals surface area contributed by atoms with Crippen LogP contribution in [0.1, 0.15) is 32.1 Å². The van der Waals surface area contributed by atoms with Gasteiger partial charge >= 0.3 is 0 Å². The molecular weight excluding hydrogens is 202 g/mol. The van der Waals surface area contributed by atoms with Crippen LogP contribution in [0.5, 0.6) is 0 Å². The zero-order valence-electron chi connectivity index (χ0n) is 9.45. The molecule has 0 bridgehead atoms. The van der Waals surface area contributed by atoms with E-state index in [2.05, 4.69) is 20.7 Å². The smallest absolute Gasteiger partial charge is 0.145 e. The minimum Gasteiger partial charge on any atom is -0.370 e. The van der Waals surface area contributed by atoms with Gasteiger partial charge in [-0.05, 0) is 18.8 Å². The van der Waals surface area contributed by atoms with Crippen LogP contribution in [-0.4, -0.2) is 16.5 Å². The molecule has 1 aliphatic carbocycles. The van der Waals surface area contributed by atoms with Gasteiger partial charge in [0, 0.05) is 12.6 Å². The topological polar surface area (TPSA) is 75.9 Å². The van der Waals surface area contributed by atoms with Crippen LogP contribution in [0, 0.1) is 5.92 Å². The van der Waals surface area contributed by atoms with Crippen molar-refractivity contribution in [1.82, 2.24) is 9.97 Å². The molecule has 1 aromatic rings. The molecule has 0 spiro atoms. The highest BCUT2D eigenvalue weighted by atomic mass is 15.3. The third kappa shape index (κ3) is 3.06. The van der Waals surface area contributed by atoms with E-state index in [0.717, 1.165) is 18.3 Å². The van der Waals surface area contributed by atoms with Gasteiger partial charge in [-0.25, -0.2) is 15.8 Å². The third-order valence-electron chi connectivity index (χ3n) is 3.11. The van der Waals surface area contributed by atoms with E-state index in [9.17, 15) is 0 Å². The Kier molecular flexibility index (Phi) is 3.93. The summed E-state index contributed by atoms with van der Waals surface area (Å²) in [4.78, 5) is 8.12.